The average Bonchev–Trinajstić information content (AvgIpc) is 2.91. The van der Waals surface area contributed by atoms with Crippen molar-refractivity contribution in [2.24, 2.45) is 5.41 Å². The van der Waals surface area contributed by atoms with Crippen molar-refractivity contribution in [1.29, 1.82) is 0 Å². The maximum absolute atomic E-state index is 13.4. The number of rotatable bonds is 3. The van der Waals surface area contributed by atoms with Gasteiger partial charge in [0.25, 0.3) is 0 Å². The van der Waals surface area contributed by atoms with Crippen molar-refractivity contribution in [3.63, 3.8) is 0 Å². The molecule has 33 heavy (non-hydrogen) atoms. The lowest BCUT2D eigenvalue weighted by atomic mass is 9.73. The molecule has 5 rings (SSSR count). The van der Waals surface area contributed by atoms with Crippen LogP contribution < -0.4 is 15.4 Å². The number of Topliss-reactive ketones (excluding diaryl/α,β-unsaturated/α-hetero) is 1. The van der Waals surface area contributed by atoms with Crippen LogP contribution in [0.1, 0.15) is 49.4 Å². The number of hydrogen-bond donors (Lipinski definition) is 2. The molecule has 1 heterocycles. The van der Waals surface area contributed by atoms with Gasteiger partial charge in [-0.15, -0.1) is 0 Å². The van der Waals surface area contributed by atoms with E-state index in [4.69, 9.17) is 4.74 Å². The first-order valence-corrected chi connectivity index (χ1v) is 11.5. The average molecular weight is 439 g/mol. The Labute approximate surface area is 195 Å². The van der Waals surface area contributed by atoms with Gasteiger partial charge in [0.05, 0.1) is 17.4 Å². The van der Waals surface area contributed by atoms with Crippen molar-refractivity contribution in [2.75, 3.05) is 10.6 Å². The number of nitrogens with one attached hydrogen (secondary N) is 2. The summed E-state index contributed by atoms with van der Waals surface area (Å²) in [5.41, 5.74) is 7.04. The Morgan fingerprint density at radius 1 is 0.909 bits per heavy atom. The first kappa shape index (κ1) is 21.3. The van der Waals surface area contributed by atoms with Crippen LogP contribution in [0.5, 0.6) is 11.5 Å². The Bertz CT molecular complexity index is 1250. The number of benzene rings is 3. The SMILES string of the molecule is Cc1ccc(C2Nc3cc(Oc4ccccc4C)ccc3NC3=C2C(=O)CC(C)(C)C3)cc1. The van der Waals surface area contributed by atoms with Gasteiger partial charge in [0, 0.05) is 23.8 Å². The number of carbonyl (C=O) groups excluding carboxylic acids is 1. The van der Waals surface area contributed by atoms with E-state index in [1.54, 1.807) is 0 Å². The highest BCUT2D eigenvalue weighted by atomic mass is 16.5. The van der Waals surface area contributed by atoms with E-state index in [2.05, 4.69) is 55.7 Å². The summed E-state index contributed by atoms with van der Waals surface area (Å²) in [5, 5.41) is 7.27. The highest BCUT2D eigenvalue weighted by Gasteiger charge is 2.38. The smallest absolute Gasteiger partial charge is 0.163 e. The standard InChI is InChI=1S/C29H30N2O2/c1-18-9-11-20(12-10-18)28-27-24(16-29(3,4)17-25(27)32)30-22-14-13-21(15-23(22)31-28)33-26-8-6-5-7-19(26)2/h5-15,28,30-31H,16-17H2,1-4H3. The van der Waals surface area contributed by atoms with Gasteiger partial charge in [-0.25, -0.2) is 0 Å². The van der Waals surface area contributed by atoms with E-state index in [-0.39, 0.29) is 17.2 Å². The van der Waals surface area contributed by atoms with Crippen LogP contribution in [0.25, 0.3) is 0 Å². The van der Waals surface area contributed by atoms with Crippen molar-refractivity contribution in [2.45, 2.75) is 46.6 Å². The molecular weight excluding hydrogens is 408 g/mol. The van der Waals surface area contributed by atoms with E-state index in [9.17, 15) is 4.79 Å². The van der Waals surface area contributed by atoms with E-state index in [0.29, 0.717) is 6.42 Å². The van der Waals surface area contributed by atoms with Crippen molar-refractivity contribution < 1.29 is 9.53 Å². The lowest BCUT2D eigenvalue weighted by Crippen LogP contribution is -2.31. The molecule has 2 aliphatic rings. The number of carbonyl (C=O) groups is 1. The summed E-state index contributed by atoms with van der Waals surface area (Å²) in [4.78, 5) is 13.4. The minimum absolute atomic E-state index is 0.0703. The van der Waals surface area contributed by atoms with Gasteiger partial charge in [0.15, 0.2) is 5.78 Å². The highest BCUT2D eigenvalue weighted by Crippen LogP contribution is 2.46. The van der Waals surface area contributed by atoms with Gasteiger partial charge < -0.3 is 15.4 Å². The van der Waals surface area contributed by atoms with E-state index >= 15 is 0 Å². The summed E-state index contributed by atoms with van der Waals surface area (Å²) in [6.45, 7) is 8.44. The molecule has 0 amide bonds. The predicted octanol–water partition coefficient (Wildman–Crippen LogP) is 7.32. The van der Waals surface area contributed by atoms with Crippen LogP contribution in [0.15, 0.2) is 78.0 Å². The molecule has 1 atom stereocenters. The second-order valence-electron chi connectivity index (χ2n) is 10.0. The van der Waals surface area contributed by atoms with Crippen LogP contribution in [-0.4, -0.2) is 5.78 Å². The van der Waals surface area contributed by atoms with Crippen LogP contribution >= 0.6 is 0 Å². The van der Waals surface area contributed by atoms with Gasteiger partial charge in [0.1, 0.15) is 11.5 Å². The molecule has 0 aromatic heterocycles. The minimum Gasteiger partial charge on any atom is -0.457 e. The van der Waals surface area contributed by atoms with Gasteiger partial charge in [-0.3, -0.25) is 4.79 Å². The number of para-hydroxylation sites is 1. The van der Waals surface area contributed by atoms with Crippen LogP contribution in [-0.2, 0) is 4.79 Å². The minimum atomic E-state index is -0.216. The third kappa shape index (κ3) is 4.25. The summed E-state index contributed by atoms with van der Waals surface area (Å²) < 4.78 is 6.20. The third-order valence-corrected chi connectivity index (χ3v) is 6.52. The predicted molar refractivity (Wildman–Crippen MR) is 134 cm³/mol. The normalized spacial score (nSPS) is 19.0. The third-order valence-electron chi connectivity index (χ3n) is 6.52. The lowest BCUT2D eigenvalue weighted by molar-refractivity contribution is -0.118. The monoisotopic (exact) mass is 438 g/mol. The maximum Gasteiger partial charge on any atom is 0.163 e. The zero-order valence-electron chi connectivity index (χ0n) is 19.7. The quantitative estimate of drug-likeness (QED) is 0.450. The Hall–Kier alpha value is -3.53. The van der Waals surface area contributed by atoms with Crippen molar-refractivity contribution in [3.05, 3.63) is 94.7 Å². The van der Waals surface area contributed by atoms with Gasteiger partial charge >= 0.3 is 0 Å². The Kier molecular flexibility index (Phi) is 5.24. The first-order valence-electron chi connectivity index (χ1n) is 11.5. The molecule has 0 saturated carbocycles. The van der Waals surface area contributed by atoms with Crippen molar-refractivity contribution in [3.8, 4) is 11.5 Å². The highest BCUT2D eigenvalue weighted by molar-refractivity contribution is 6.01. The van der Waals surface area contributed by atoms with Crippen LogP contribution in [0, 0.1) is 19.3 Å². The summed E-state index contributed by atoms with van der Waals surface area (Å²) in [5.74, 6) is 1.80. The number of ether oxygens (including phenoxy) is 1. The topological polar surface area (TPSA) is 50.4 Å². The molecule has 1 aliphatic heterocycles. The number of ketones is 1. The zero-order valence-corrected chi connectivity index (χ0v) is 19.7. The van der Waals surface area contributed by atoms with Gasteiger partial charge in [-0.1, -0.05) is 61.9 Å². The molecule has 0 saturated heterocycles. The van der Waals surface area contributed by atoms with E-state index < -0.39 is 0 Å². The van der Waals surface area contributed by atoms with Crippen LogP contribution in [0.2, 0.25) is 0 Å². The van der Waals surface area contributed by atoms with Crippen molar-refractivity contribution in [1.82, 2.24) is 0 Å². The maximum atomic E-state index is 13.4. The first-order chi connectivity index (χ1) is 15.8. The van der Waals surface area contributed by atoms with Gasteiger partial charge in [-0.05, 0) is 55.0 Å². The van der Waals surface area contributed by atoms with E-state index in [0.717, 1.165) is 51.7 Å². The largest absolute Gasteiger partial charge is 0.457 e. The molecule has 4 heteroatoms. The van der Waals surface area contributed by atoms with Gasteiger partial charge in [0.2, 0.25) is 0 Å². The Morgan fingerprint density at radius 3 is 2.42 bits per heavy atom. The summed E-state index contributed by atoms with van der Waals surface area (Å²) >= 11 is 0. The summed E-state index contributed by atoms with van der Waals surface area (Å²) in [6.07, 6.45) is 1.38. The fourth-order valence-corrected chi connectivity index (χ4v) is 4.79. The number of hydrogen-bond acceptors (Lipinski definition) is 4. The molecular formula is C29H30N2O2. The van der Waals surface area contributed by atoms with Gasteiger partial charge in [-0.2, -0.15) is 0 Å². The number of anilines is 2. The molecule has 4 nitrogen and oxygen atoms in total. The molecule has 168 valence electrons. The summed E-state index contributed by atoms with van der Waals surface area (Å²) in [7, 11) is 0. The molecule has 0 fully saturated rings. The lowest BCUT2D eigenvalue weighted by Gasteiger charge is -2.34. The molecule has 3 aromatic rings. The molecule has 1 unspecified atom stereocenters. The molecule has 3 aromatic carbocycles. The van der Waals surface area contributed by atoms with Crippen LogP contribution in [0.3, 0.4) is 0 Å². The number of aryl methyl sites for hydroxylation is 2. The summed E-state index contributed by atoms with van der Waals surface area (Å²) in [6, 6.07) is 22.2. The molecule has 0 spiro atoms. The zero-order chi connectivity index (χ0) is 23.2. The molecule has 2 N–H and O–H groups in total. The van der Waals surface area contributed by atoms with Crippen LogP contribution in [0.4, 0.5) is 11.4 Å². The fraction of sp³-hybridized carbons (Fsp3) is 0.276. The number of fused-ring (bicyclic) bond motifs is 1. The van der Waals surface area contributed by atoms with E-state index in [1.807, 2.05) is 49.4 Å². The Morgan fingerprint density at radius 2 is 1.67 bits per heavy atom. The number of allylic oxidation sites excluding steroid dienone is 1. The molecule has 1 aliphatic carbocycles. The Balaban J connectivity index is 1.57. The molecule has 0 bridgehead atoms. The van der Waals surface area contributed by atoms with E-state index in [1.165, 1.54) is 5.56 Å². The van der Waals surface area contributed by atoms with Crippen molar-refractivity contribution >= 4 is 17.2 Å². The second kappa shape index (κ2) is 8.11. The molecule has 0 radical (unpaired) electrons. The second-order valence-corrected chi connectivity index (χ2v) is 10.0. The fourth-order valence-electron chi connectivity index (χ4n) is 4.79.